The first-order chi connectivity index (χ1) is 13.5. The minimum absolute atomic E-state index is 0.0882. The number of nitrogens with zero attached hydrogens (tertiary/aromatic N) is 2. The van der Waals surface area contributed by atoms with Crippen LogP contribution in [0.4, 0.5) is 0 Å². The molecule has 3 aromatic rings. The van der Waals surface area contributed by atoms with Crippen molar-refractivity contribution in [2.45, 2.75) is 0 Å². The lowest BCUT2D eigenvalue weighted by atomic mass is 10.1. The Morgan fingerprint density at radius 3 is 2.18 bits per heavy atom. The summed E-state index contributed by atoms with van der Waals surface area (Å²) < 4.78 is 0. The zero-order valence-electron chi connectivity index (χ0n) is 15.0. The molecule has 2 heterocycles. The molecule has 1 fully saturated rings. The third kappa shape index (κ3) is 3.51. The van der Waals surface area contributed by atoms with E-state index in [2.05, 4.69) is 4.98 Å². The fourth-order valence-corrected chi connectivity index (χ4v) is 3.57. The molecule has 0 bridgehead atoms. The molecule has 1 aliphatic heterocycles. The lowest BCUT2D eigenvalue weighted by molar-refractivity contribution is 0.0533. The van der Waals surface area contributed by atoms with Crippen molar-refractivity contribution in [2.24, 2.45) is 0 Å². The number of nitrogens with one attached hydrogen (secondary N) is 1. The van der Waals surface area contributed by atoms with Crippen LogP contribution in [0.1, 0.15) is 31.2 Å². The van der Waals surface area contributed by atoms with Gasteiger partial charge in [0.05, 0.1) is 0 Å². The predicted molar refractivity (Wildman–Crippen MR) is 107 cm³/mol. The molecule has 1 N–H and O–H groups in total. The van der Waals surface area contributed by atoms with Gasteiger partial charge >= 0.3 is 0 Å². The predicted octanol–water partition coefficient (Wildman–Crippen LogP) is 3.23. The quantitative estimate of drug-likeness (QED) is 0.692. The van der Waals surface area contributed by atoms with E-state index in [-0.39, 0.29) is 11.8 Å². The molecule has 1 aromatic heterocycles. The number of fused-ring (bicyclic) bond motifs is 1. The van der Waals surface area contributed by atoms with E-state index in [4.69, 9.17) is 11.6 Å². The monoisotopic (exact) mass is 395 g/mol. The Morgan fingerprint density at radius 1 is 0.893 bits per heavy atom. The molecule has 1 saturated heterocycles. The van der Waals surface area contributed by atoms with Crippen molar-refractivity contribution in [3.05, 3.63) is 70.4 Å². The lowest BCUT2D eigenvalue weighted by Gasteiger charge is -2.34. The summed E-state index contributed by atoms with van der Waals surface area (Å²) >= 11 is 6.01. The highest BCUT2D eigenvalue weighted by molar-refractivity contribution is 6.31. The van der Waals surface area contributed by atoms with E-state index >= 15 is 0 Å². The smallest absolute Gasteiger partial charge is 0.270 e. The Labute approximate surface area is 166 Å². The van der Waals surface area contributed by atoms with Gasteiger partial charge in [0.2, 0.25) is 0 Å². The normalized spacial score (nSPS) is 14.3. The average Bonchev–Trinajstić information content (AvgIpc) is 3.16. The molecule has 142 valence electrons. The van der Waals surface area contributed by atoms with Gasteiger partial charge in [-0.3, -0.25) is 14.4 Å². The van der Waals surface area contributed by atoms with Crippen molar-refractivity contribution < 1.29 is 14.4 Å². The molecular weight excluding hydrogens is 378 g/mol. The van der Waals surface area contributed by atoms with Crippen LogP contribution in [0, 0.1) is 0 Å². The number of amides is 2. The Balaban J connectivity index is 1.41. The van der Waals surface area contributed by atoms with Crippen LogP contribution < -0.4 is 0 Å². The number of rotatable bonds is 3. The lowest BCUT2D eigenvalue weighted by Crippen LogP contribution is -2.50. The number of benzene rings is 2. The number of piperazine rings is 1. The van der Waals surface area contributed by atoms with Crippen molar-refractivity contribution in [2.75, 3.05) is 26.2 Å². The molecule has 6 nitrogen and oxygen atoms in total. The number of H-pyrrole nitrogens is 1. The minimum Gasteiger partial charge on any atom is -0.351 e. The van der Waals surface area contributed by atoms with Gasteiger partial charge in [-0.25, -0.2) is 0 Å². The summed E-state index contributed by atoms with van der Waals surface area (Å²) in [7, 11) is 0. The van der Waals surface area contributed by atoms with E-state index in [1.54, 1.807) is 46.2 Å². The van der Waals surface area contributed by atoms with E-state index in [9.17, 15) is 14.4 Å². The molecule has 4 rings (SSSR count). The summed E-state index contributed by atoms with van der Waals surface area (Å²) in [5.41, 5.74) is 2.45. The maximum atomic E-state index is 12.8. The van der Waals surface area contributed by atoms with Crippen LogP contribution in [0.2, 0.25) is 5.02 Å². The standard InChI is InChI=1S/C21H18ClN3O3/c22-17-5-6-18-16(11-17)12-19(23-18)21(28)25-9-7-24(8-10-25)20(27)15-3-1-14(13-26)2-4-15/h1-6,11-13,23H,7-10H2. The van der Waals surface area contributed by atoms with E-state index in [0.29, 0.717) is 48.0 Å². The first-order valence-electron chi connectivity index (χ1n) is 8.97. The number of hydrogen-bond acceptors (Lipinski definition) is 3. The number of carbonyl (C=O) groups is 3. The summed E-state index contributed by atoms with van der Waals surface area (Å²) in [6.45, 7) is 1.86. The second-order valence-electron chi connectivity index (χ2n) is 6.74. The maximum absolute atomic E-state index is 12.8. The molecule has 0 radical (unpaired) electrons. The van der Waals surface area contributed by atoms with Crippen molar-refractivity contribution in [3.63, 3.8) is 0 Å². The van der Waals surface area contributed by atoms with Crippen molar-refractivity contribution in [1.29, 1.82) is 0 Å². The van der Waals surface area contributed by atoms with Gasteiger partial charge in [-0.15, -0.1) is 0 Å². The minimum atomic E-state index is -0.0928. The molecule has 0 aliphatic carbocycles. The van der Waals surface area contributed by atoms with Gasteiger partial charge in [-0.1, -0.05) is 23.7 Å². The molecule has 2 amide bonds. The van der Waals surface area contributed by atoms with E-state index < -0.39 is 0 Å². The first-order valence-corrected chi connectivity index (χ1v) is 9.35. The summed E-state index contributed by atoms with van der Waals surface area (Å²) in [6, 6.07) is 13.8. The van der Waals surface area contributed by atoms with Crippen LogP contribution in [0.15, 0.2) is 48.5 Å². The van der Waals surface area contributed by atoms with Crippen molar-refractivity contribution in [3.8, 4) is 0 Å². The van der Waals surface area contributed by atoms with E-state index in [1.165, 1.54) is 0 Å². The van der Waals surface area contributed by atoms with Gasteiger partial charge in [0, 0.05) is 53.2 Å². The summed E-state index contributed by atoms with van der Waals surface area (Å²) in [5.74, 6) is -0.181. The van der Waals surface area contributed by atoms with Crippen LogP contribution in [0.3, 0.4) is 0 Å². The molecule has 0 unspecified atom stereocenters. The number of aromatic nitrogens is 1. The second kappa shape index (κ2) is 7.48. The summed E-state index contributed by atoms with van der Waals surface area (Å²) in [4.78, 5) is 42.7. The zero-order chi connectivity index (χ0) is 19.7. The maximum Gasteiger partial charge on any atom is 0.270 e. The van der Waals surface area contributed by atoms with Crippen molar-refractivity contribution >= 4 is 40.6 Å². The van der Waals surface area contributed by atoms with Gasteiger partial charge in [0.25, 0.3) is 11.8 Å². The number of halogens is 1. The Hall–Kier alpha value is -3.12. The van der Waals surface area contributed by atoms with Crippen LogP contribution in [-0.2, 0) is 0 Å². The highest BCUT2D eigenvalue weighted by Crippen LogP contribution is 2.21. The largest absolute Gasteiger partial charge is 0.351 e. The van der Waals surface area contributed by atoms with Crippen LogP contribution in [0.25, 0.3) is 10.9 Å². The Morgan fingerprint density at radius 2 is 1.54 bits per heavy atom. The average molecular weight is 396 g/mol. The Bertz CT molecular complexity index is 1050. The number of aromatic amines is 1. The molecule has 28 heavy (non-hydrogen) atoms. The first kappa shape index (κ1) is 18.3. The molecular formula is C21H18ClN3O3. The van der Waals surface area contributed by atoms with Gasteiger partial charge in [0.1, 0.15) is 12.0 Å². The molecule has 1 aliphatic rings. The van der Waals surface area contributed by atoms with Gasteiger partial charge in [-0.2, -0.15) is 0 Å². The van der Waals surface area contributed by atoms with Crippen LogP contribution >= 0.6 is 11.6 Å². The molecule has 2 aromatic carbocycles. The number of hydrogen-bond donors (Lipinski definition) is 1. The summed E-state index contributed by atoms with van der Waals surface area (Å²) in [5, 5.41) is 1.52. The fraction of sp³-hybridized carbons (Fsp3) is 0.190. The van der Waals surface area contributed by atoms with Crippen LogP contribution in [0.5, 0.6) is 0 Å². The zero-order valence-corrected chi connectivity index (χ0v) is 15.8. The third-order valence-electron chi connectivity index (χ3n) is 4.96. The molecule has 0 atom stereocenters. The molecule has 0 saturated carbocycles. The highest BCUT2D eigenvalue weighted by atomic mass is 35.5. The SMILES string of the molecule is O=Cc1ccc(C(=O)N2CCN(C(=O)c3cc4cc(Cl)ccc4[nH]3)CC2)cc1. The topological polar surface area (TPSA) is 73.5 Å². The summed E-state index contributed by atoms with van der Waals surface area (Å²) in [6.07, 6.45) is 0.747. The fourth-order valence-electron chi connectivity index (χ4n) is 3.39. The third-order valence-corrected chi connectivity index (χ3v) is 5.20. The number of carbonyl (C=O) groups excluding carboxylic acids is 3. The highest BCUT2D eigenvalue weighted by Gasteiger charge is 2.26. The molecule has 7 heteroatoms. The van der Waals surface area contributed by atoms with Gasteiger partial charge < -0.3 is 14.8 Å². The van der Waals surface area contributed by atoms with Crippen molar-refractivity contribution in [1.82, 2.24) is 14.8 Å². The molecule has 0 spiro atoms. The van der Waals surface area contributed by atoms with Gasteiger partial charge in [-0.05, 0) is 36.4 Å². The van der Waals surface area contributed by atoms with Crippen LogP contribution in [-0.4, -0.2) is 59.1 Å². The Kier molecular flexibility index (Phi) is 4.88. The van der Waals surface area contributed by atoms with E-state index in [1.807, 2.05) is 12.1 Å². The van der Waals surface area contributed by atoms with Gasteiger partial charge in [0.15, 0.2) is 0 Å². The number of aldehydes is 1. The van der Waals surface area contributed by atoms with E-state index in [0.717, 1.165) is 17.2 Å². The second-order valence-corrected chi connectivity index (χ2v) is 7.18.